The Morgan fingerprint density at radius 1 is 1.16 bits per heavy atom. The van der Waals surface area contributed by atoms with E-state index >= 15 is 0 Å². The van der Waals surface area contributed by atoms with E-state index in [1.807, 2.05) is 4.68 Å². The maximum Gasteiger partial charge on any atom is 0.140 e. The minimum Gasteiger partial charge on any atom is -0.375 e. The molecule has 0 saturated carbocycles. The number of morpholine rings is 1. The van der Waals surface area contributed by atoms with Crippen molar-refractivity contribution >= 4 is 10.8 Å². The van der Waals surface area contributed by atoms with Crippen molar-refractivity contribution in [2.75, 3.05) is 19.7 Å². The SMILES string of the molecule is CCn1ncnc1CN1CCO[C@@H](Cc2cccc3ccccc23)C1. The highest BCUT2D eigenvalue weighted by molar-refractivity contribution is 5.85. The van der Waals surface area contributed by atoms with E-state index in [1.54, 1.807) is 6.33 Å². The minimum absolute atomic E-state index is 0.220. The number of hydrogen-bond acceptors (Lipinski definition) is 4. The molecule has 1 saturated heterocycles. The lowest BCUT2D eigenvalue weighted by Crippen LogP contribution is -2.43. The van der Waals surface area contributed by atoms with Crippen LogP contribution in [0.2, 0.25) is 0 Å². The van der Waals surface area contributed by atoms with Crippen LogP contribution in [-0.2, 0) is 24.2 Å². The number of aryl methyl sites for hydroxylation is 1. The standard InChI is InChI=1S/C20H24N4O/c1-2-24-20(21-15-22-24)14-23-10-11-25-18(13-23)12-17-8-5-7-16-6-3-4-9-19(16)17/h3-9,15,18H,2,10-14H2,1H3/t18-/m0/s1. The number of fused-ring (bicyclic) bond motifs is 1. The minimum atomic E-state index is 0.220. The highest BCUT2D eigenvalue weighted by Crippen LogP contribution is 2.22. The van der Waals surface area contributed by atoms with Crippen molar-refractivity contribution in [2.45, 2.75) is 32.5 Å². The monoisotopic (exact) mass is 336 g/mol. The molecule has 5 nitrogen and oxygen atoms in total. The first-order valence-electron chi connectivity index (χ1n) is 9.00. The van der Waals surface area contributed by atoms with E-state index in [9.17, 15) is 0 Å². The molecule has 1 aromatic heterocycles. The van der Waals surface area contributed by atoms with Crippen molar-refractivity contribution in [3.8, 4) is 0 Å². The van der Waals surface area contributed by atoms with Gasteiger partial charge >= 0.3 is 0 Å². The van der Waals surface area contributed by atoms with E-state index in [-0.39, 0.29) is 6.10 Å². The van der Waals surface area contributed by atoms with Crippen molar-refractivity contribution < 1.29 is 4.74 Å². The number of nitrogens with zero attached hydrogens (tertiary/aromatic N) is 4. The van der Waals surface area contributed by atoms with Gasteiger partial charge in [0.25, 0.3) is 0 Å². The van der Waals surface area contributed by atoms with Gasteiger partial charge in [0.05, 0.1) is 19.3 Å². The summed E-state index contributed by atoms with van der Waals surface area (Å²) in [5, 5.41) is 6.89. The second-order valence-corrected chi connectivity index (χ2v) is 6.56. The van der Waals surface area contributed by atoms with Crippen LogP contribution in [-0.4, -0.2) is 45.5 Å². The average Bonchev–Trinajstić information content (AvgIpc) is 3.09. The Bertz CT molecular complexity index is 839. The Morgan fingerprint density at radius 3 is 2.96 bits per heavy atom. The van der Waals surface area contributed by atoms with Crippen molar-refractivity contribution in [1.29, 1.82) is 0 Å². The molecule has 1 fully saturated rings. The van der Waals surface area contributed by atoms with Crippen LogP contribution in [0.15, 0.2) is 48.8 Å². The number of rotatable bonds is 5. The third-order valence-electron chi connectivity index (χ3n) is 4.91. The highest BCUT2D eigenvalue weighted by atomic mass is 16.5. The molecule has 25 heavy (non-hydrogen) atoms. The normalized spacial score (nSPS) is 18.7. The third kappa shape index (κ3) is 3.57. The first-order chi connectivity index (χ1) is 12.3. The zero-order valence-electron chi connectivity index (χ0n) is 14.6. The second-order valence-electron chi connectivity index (χ2n) is 6.56. The molecule has 0 N–H and O–H groups in total. The molecule has 0 amide bonds. The number of aromatic nitrogens is 3. The van der Waals surface area contributed by atoms with Gasteiger partial charge in [-0.05, 0) is 23.3 Å². The van der Waals surface area contributed by atoms with E-state index < -0.39 is 0 Å². The van der Waals surface area contributed by atoms with Crippen LogP contribution in [0, 0.1) is 0 Å². The van der Waals surface area contributed by atoms with Crippen LogP contribution in [0.3, 0.4) is 0 Å². The molecule has 2 aromatic carbocycles. The topological polar surface area (TPSA) is 43.2 Å². The Kier molecular flexibility index (Phi) is 4.76. The molecular formula is C20H24N4O. The lowest BCUT2D eigenvalue weighted by atomic mass is 9.99. The molecule has 5 heteroatoms. The van der Waals surface area contributed by atoms with E-state index in [1.165, 1.54) is 16.3 Å². The van der Waals surface area contributed by atoms with Gasteiger partial charge in [0.15, 0.2) is 0 Å². The molecule has 0 radical (unpaired) electrons. The Balaban J connectivity index is 1.46. The maximum atomic E-state index is 6.05. The van der Waals surface area contributed by atoms with E-state index in [2.05, 4.69) is 64.4 Å². The van der Waals surface area contributed by atoms with Crippen LogP contribution in [0.25, 0.3) is 10.8 Å². The molecule has 1 aliphatic rings. The molecule has 0 spiro atoms. The van der Waals surface area contributed by atoms with Crippen molar-refractivity contribution in [2.24, 2.45) is 0 Å². The van der Waals surface area contributed by atoms with Gasteiger partial charge in [-0.3, -0.25) is 4.90 Å². The summed E-state index contributed by atoms with van der Waals surface area (Å²) >= 11 is 0. The molecule has 1 aliphatic heterocycles. The highest BCUT2D eigenvalue weighted by Gasteiger charge is 2.22. The lowest BCUT2D eigenvalue weighted by molar-refractivity contribution is -0.0314. The summed E-state index contributed by atoms with van der Waals surface area (Å²) in [6, 6.07) is 15.1. The summed E-state index contributed by atoms with van der Waals surface area (Å²) in [5.74, 6) is 1.04. The molecular weight excluding hydrogens is 312 g/mol. The van der Waals surface area contributed by atoms with Crippen LogP contribution in [0.4, 0.5) is 0 Å². The van der Waals surface area contributed by atoms with Crippen LogP contribution in [0.5, 0.6) is 0 Å². The summed E-state index contributed by atoms with van der Waals surface area (Å²) in [6.07, 6.45) is 2.81. The fraction of sp³-hybridized carbons (Fsp3) is 0.400. The summed E-state index contributed by atoms with van der Waals surface area (Å²) in [6.45, 7) is 6.45. The summed E-state index contributed by atoms with van der Waals surface area (Å²) in [4.78, 5) is 6.83. The van der Waals surface area contributed by atoms with Gasteiger partial charge in [-0.25, -0.2) is 9.67 Å². The molecule has 0 unspecified atom stereocenters. The van der Waals surface area contributed by atoms with Crippen molar-refractivity contribution in [3.05, 3.63) is 60.2 Å². The van der Waals surface area contributed by atoms with Crippen molar-refractivity contribution in [3.63, 3.8) is 0 Å². The van der Waals surface area contributed by atoms with E-state index in [4.69, 9.17) is 4.74 Å². The number of hydrogen-bond donors (Lipinski definition) is 0. The molecule has 0 bridgehead atoms. The van der Waals surface area contributed by atoms with Crippen molar-refractivity contribution in [1.82, 2.24) is 19.7 Å². The molecule has 130 valence electrons. The van der Waals surface area contributed by atoms with Crippen LogP contribution >= 0.6 is 0 Å². The Labute approximate surface area is 148 Å². The van der Waals surface area contributed by atoms with Crippen LogP contribution in [0.1, 0.15) is 18.3 Å². The van der Waals surface area contributed by atoms with E-state index in [0.717, 1.165) is 45.0 Å². The fourth-order valence-electron chi connectivity index (χ4n) is 3.64. The van der Waals surface area contributed by atoms with Gasteiger partial charge in [-0.2, -0.15) is 5.10 Å². The number of benzene rings is 2. The predicted octanol–water partition coefficient (Wildman–Crippen LogP) is 2.89. The van der Waals surface area contributed by atoms with Crippen LogP contribution < -0.4 is 0 Å². The predicted molar refractivity (Wildman–Crippen MR) is 98.4 cm³/mol. The molecule has 0 aliphatic carbocycles. The lowest BCUT2D eigenvalue weighted by Gasteiger charge is -2.32. The van der Waals surface area contributed by atoms with Gasteiger partial charge in [0, 0.05) is 26.1 Å². The fourth-order valence-corrected chi connectivity index (χ4v) is 3.64. The van der Waals surface area contributed by atoms with Gasteiger partial charge < -0.3 is 4.74 Å². The number of ether oxygens (including phenoxy) is 1. The molecule has 4 rings (SSSR count). The first kappa shape index (κ1) is 16.2. The Morgan fingerprint density at radius 2 is 2.04 bits per heavy atom. The summed E-state index contributed by atoms with van der Waals surface area (Å²) < 4.78 is 8.02. The smallest absolute Gasteiger partial charge is 0.140 e. The quantitative estimate of drug-likeness (QED) is 0.718. The third-order valence-corrected chi connectivity index (χ3v) is 4.91. The zero-order chi connectivity index (χ0) is 17.1. The van der Waals surface area contributed by atoms with Gasteiger partial charge in [-0.15, -0.1) is 0 Å². The van der Waals surface area contributed by atoms with E-state index in [0.29, 0.717) is 0 Å². The largest absolute Gasteiger partial charge is 0.375 e. The Hall–Kier alpha value is -2.24. The summed E-state index contributed by atoms with van der Waals surface area (Å²) in [7, 11) is 0. The molecule has 3 aromatic rings. The van der Waals surface area contributed by atoms with Gasteiger partial charge in [0.1, 0.15) is 12.2 Å². The second kappa shape index (κ2) is 7.33. The van der Waals surface area contributed by atoms with Gasteiger partial charge in [-0.1, -0.05) is 42.5 Å². The zero-order valence-corrected chi connectivity index (χ0v) is 14.6. The average molecular weight is 336 g/mol. The molecule has 2 heterocycles. The summed E-state index contributed by atoms with van der Waals surface area (Å²) in [5.41, 5.74) is 1.36. The molecule has 1 atom stereocenters. The first-order valence-corrected chi connectivity index (χ1v) is 9.00. The van der Waals surface area contributed by atoms with Gasteiger partial charge in [0.2, 0.25) is 0 Å². The maximum absolute atomic E-state index is 6.05.